The number of hydrogen-bond donors (Lipinski definition) is 3. The Bertz CT molecular complexity index is 1710. The number of aromatic amines is 1. The Morgan fingerprint density at radius 3 is 2.47 bits per heavy atom. The smallest absolute Gasteiger partial charge is 0.261 e. The van der Waals surface area contributed by atoms with Crippen molar-refractivity contribution in [1.82, 2.24) is 9.97 Å². The molecule has 5 aromatic rings. The number of fused-ring (bicyclic) bond motifs is 1. The number of hydrogen-bond acceptors (Lipinski definition) is 5. The van der Waals surface area contributed by atoms with E-state index in [0.717, 1.165) is 16.6 Å². The van der Waals surface area contributed by atoms with Crippen LogP contribution in [-0.4, -0.2) is 31.4 Å². The lowest BCUT2D eigenvalue weighted by Gasteiger charge is -2.09. The van der Waals surface area contributed by atoms with E-state index in [1.807, 2.05) is 42.5 Å². The first kappa shape index (κ1) is 24.8. The SMILES string of the molecule is COc1ccc(NS(=O)(=O)c2cccc(/C=C/C(=O)Nc3ccccc3-c3nc4ccccc4[nH]3)c2)cc1. The average Bonchev–Trinajstić information content (AvgIpc) is 3.37. The van der Waals surface area contributed by atoms with Gasteiger partial charge in [0.2, 0.25) is 5.91 Å². The van der Waals surface area contributed by atoms with Crippen molar-refractivity contribution in [2.75, 3.05) is 17.1 Å². The normalized spacial score (nSPS) is 11.5. The molecule has 190 valence electrons. The maximum Gasteiger partial charge on any atom is 0.261 e. The van der Waals surface area contributed by atoms with E-state index in [2.05, 4.69) is 20.0 Å². The van der Waals surface area contributed by atoms with Gasteiger partial charge in [0.25, 0.3) is 10.0 Å². The van der Waals surface area contributed by atoms with Gasteiger partial charge in [-0.2, -0.15) is 0 Å². The first-order valence-electron chi connectivity index (χ1n) is 11.7. The highest BCUT2D eigenvalue weighted by Gasteiger charge is 2.15. The van der Waals surface area contributed by atoms with Crippen molar-refractivity contribution in [3.8, 4) is 17.1 Å². The molecule has 0 aliphatic rings. The number of nitrogens with zero attached hydrogens (tertiary/aromatic N) is 1. The molecule has 38 heavy (non-hydrogen) atoms. The maximum absolute atomic E-state index is 12.9. The molecule has 0 saturated carbocycles. The molecule has 0 aliphatic carbocycles. The molecule has 0 radical (unpaired) electrons. The molecule has 0 aliphatic heterocycles. The molecular weight excluding hydrogens is 500 g/mol. The van der Waals surface area contributed by atoms with Crippen LogP contribution in [0, 0.1) is 0 Å². The fraction of sp³-hybridized carbons (Fsp3) is 0.0345. The van der Waals surface area contributed by atoms with Gasteiger partial charge in [0.05, 0.1) is 28.7 Å². The van der Waals surface area contributed by atoms with Gasteiger partial charge in [-0.3, -0.25) is 9.52 Å². The van der Waals surface area contributed by atoms with Crippen LogP contribution in [0.1, 0.15) is 5.56 Å². The van der Waals surface area contributed by atoms with E-state index >= 15 is 0 Å². The molecule has 9 heteroatoms. The van der Waals surface area contributed by atoms with Crippen LogP contribution >= 0.6 is 0 Å². The van der Waals surface area contributed by atoms with Gasteiger partial charge in [0, 0.05) is 17.3 Å². The van der Waals surface area contributed by atoms with E-state index < -0.39 is 10.0 Å². The fourth-order valence-electron chi connectivity index (χ4n) is 3.88. The van der Waals surface area contributed by atoms with Crippen molar-refractivity contribution in [1.29, 1.82) is 0 Å². The van der Waals surface area contributed by atoms with E-state index in [1.54, 1.807) is 48.5 Å². The second-order valence-corrected chi connectivity index (χ2v) is 10.1. The number of carbonyl (C=O) groups is 1. The minimum absolute atomic E-state index is 0.0751. The van der Waals surface area contributed by atoms with Crippen molar-refractivity contribution in [3.63, 3.8) is 0 Å². The molecule has 0 atom stereocenters. The van der Waals surface area contributed by atoms with Crippen molar-refractivity contribution in [3.05, 3.63) is 109 Å². The number of benzene rings is 4. The summed E-state index contributed by atoms with van der Waals surface area (Å²) in [6.07, 6.45) is 2.92. The zero-order valence-electron chi connectivity index (χ0n) is 20.4. The van der Waals surface area contributed by atoms with E-state index in [0.29, 0.717) is 28.5 Å². The first-order valence-corrected chi connectivity index (χ1v) is 13.2. The summed E-state index contributed by atoms with van der Waals surface area (Å²) < 4.78 is 33.4. The van der Waals surface area contributed by atoms with Crippen LogP contribution < -0.4 is 14.8 Å². The molecule has 3 N–H and O–H groups in total. The number of methoxy groups -OCH3 is 1. The Morgan fingerprint density at radius 1 is 0.921 bits per heavy atom. The molecule has 0 saturated heterocycles. The third kappa shape index (κ3) is 5.58. The van der Waals surface area contributed by atoms with Gasteiger partial charge in [-0.05, 0) is 72.3 Å². The standard InChI is InChI=1S/C29H24N4O4S/c1-37-22-16-14-21(15-17-22)33-38(35,36)23-8-6-7-20(19-23)13-18-28(34)30-25-10-3-2-9-24(25)29-31-26-11-4-5-12-27(26)32-29/h2-19,33H,1H3,(H,30,34)(H,31,32)/b18-13+. The number of anilines is 2. The van der Waals surface area contributed by atoms with Gasteiger partial charge in [-0.25, -0.2) is 13.4 Å². The van der Waals surface area contributed by atoms with Crippen molar-refractivity contribution >= 4 is 44.4 Å². The predicted octanol–water partition coefficient (Wildman–Crippen LogP) is 5.69. The van der Waals surface area contributed by atoms with Crippen molar-refractivity contribution in [2.45, 2.75) is 4.90 Å². The van der Waals surface area contributed by atoms with Gasteiger partial charge < -0.3 is 15.0 Å². The van der Waals surface area contributed by atoms with E-state index in [4.69, 9.17) is 4.74 Å². The number of amides is 1. The quantitative estimate of drug-likeness (QED) is 0.226. The van der Waals surface area contributed by atoms with Gasteiger partial charge in [-0.15, -0.1) is 0 Å². The molecule has 8 nitrogen and oxygen atoms in total. The lowest BCUT2D eigenvalue weighted by molar-refractivity contribution is -0.111. The number of ether oxygens (including phenoxy) is 1. The fourth-order valence-corrected chi connectivity index (χ4v) is 5.00. The van der Waals surface area contributed by atoms with Gasteiger partial charge in [0.1, 0.15) is 11.6 Å². The van der Waals surface area contributed by atoms with Crippen LogP contribution in [-0.2, 0) is 14.8 Å². The molecule has 1 heterocycles. The lowest BCUT2D eigenvalue weighted by Crippen LogP contribution is -2.13. The zero-order valence-corrected chi connectivity index (χ0v) is 21.2. The van der Waals surface area contributed by atoms with Gasteiger partial charge in [0.15, 0.2) is 0 Å². The van der Waals surface area contributed by atoms with E-state index in [1.165, 1.54) is 25.3 Å². The zero-order chi connectivity index (χ0) is 26.5. The minimum atomic E-state index is -3.83. The second-order valence-electron chi connectivity index (χ2n) is 8.38. The van der Waals surface area contributed by atoms with Crippen LogP contribution in [0.3, 0.4) is 0 Å². The Morgan fingerprint density at radius 2 is 1.68 bits per heavy atom. The number of H-pyrrole nitrogens is 1. The van der Waals surface area contributed by atoms with Crippen LogP contribution in [0.2, 0.25) is 0 Å². The second kappa shape index (κ2) is 10.6. The molecule has 0 fully saturated rings. The van der Waals surface area contributed by atoms with E-state index in [9.17, 15) is 13.2 Å². The number of aromatic nitrogens is 2. The number of rotatable bonds is 8. The number of nitrogens with one attached hydrogen (secondary N) is 3. The molecule has 5 rings (SSSR count). The average molecular weight is 525 g/mol. The summed E-state index contributed by atoms with van der Waals surface area (Å²) in [6.45, 7) is 0. The van der Waals surface area contributed by atoms with Gasteiger partial charge in [-0.1, -0.05) is 36.4 Å². The number of sulfonamides is 1. The monoisotopic (exact) mass is 524 g/mol. The van der Waals surface area contributed by atoms with E-state index in [-0.39, 0.29) is 10.8 Å². The maximum atomic E-state index is 12.9. The molecule has 0 bridgehead atoms. The van der Waals surface area contributed by atoms with Gasteiger partial charge >= 0.3 is 0 Å². The molecule has 0 unspecified atom stereocenters. The number of para-hydroxylation sites is 3. The Hall–Kier alpha value is -4.89. The molecule has 0 spiro atoms. The molecule has 4 aromatic carbocycles. The summed E-state index contributed by atoms with van der Waals surface area (Å²) in [6, 6.07) is 28.0. The van der Waals surface area contributed by atoms with Crippen LogP contribution in [0.15, 0.2) is 108 Å². The first-order chi connectivity index (χ1) is 18.4. The molecular formula is C29H24N4O4S. The Kier molecular flexibility index (Phi) is 6.92. The minimum Gasteiger partial charge on any atom is -0.497 e. The summed E-state index contributed by atoms with van der Waals surface area (Å²) in [4.78, 5) is 20.7. The Balaban J connectivity index is 1.31. The number of imidazole rings is 1. The largest absolute Gasteiger partial charge is 0.497 e. The predicted molar refractivity (Wildman–Crippen MR) is 149 cm³/mol. The summed E-state index contributed by atoms with van der Waals surface area (Å²) in [5.74, 6) is 0.907. The summed E-state index contributed by atoms with van der Waals surface area (Å²) in [5, 5.41) is 2.88. The van der Waals surface area contributed by atoms with Crippen LogP contribution in [0.5, 0.6) is 5.75 Å². The van der Waals surface area contributed by atoms with Crippen LogP contribution in [0.25, 0.3) is 28.5 Å². The third-order valence-corrected chi connectivity index (χ3v) is 7.15. The lowest BCUT2D eigenvalue weighted by atomic mass is 10.1. The highest BCUT2D eigenvalue weighted by molar-refractivity contribution is 7.92. The highest BCUT2D eigenvalue weighted by Crippen LogP contribution is 2.27. The summed E-state index contributed by atoms with van der Waals surface area (Å²) in [7, 11) is -2.29. The van der Waals surface area contributed by atoms with Crippen molar-refractivity contribution in [2.24, 2.45) is 0 Å². The van der Waals surface area contributed by atoms with Crippen LogP contribution in [0.4, 0.5) is 11.4 Å². The Labute approximate surface area is 220 Å². The topological polar surface area (TPSA) is 113 Å². The summed E-state index contributed by atoms with van der Waals surface area (Å²) >= 11 is 0. The van der Waals surface area contributed by atoms with Crippen molar-refractivity contribution < 1.29 is 17.9 Å². The summed E-state index contributed by atoms with van der Waals surface area (Å²) in [5.41, 5.74) is 4.06. The highest BCUT2D eigenvalue weighted by atomic mass is 32.2. The molecule has 1 aromatic heterocycles. The third-order valence-electron chi connectivity index (χ3n) is 5.77. The molecule has 1 amide bonds. The number of carbonyl (C=O) groups excluding carboxylic acids is 1.